The zero-order valence-electron chi connectivity index (χ0n) is 17.1. The van der Waals surface area contributed by atoms with E-state index in [-0.39, 0.29) is 6.29 Å². The number of benzene rings is 2. The van der Waals surface area contributed by atoms with Gasteiger partial charge in [0.15, 0.2) is 12.1 Å². The van der Waals surface area contributed by atoms with E-state index in [9.17, 15) is 0 Å². The third-order valence-corrected chi connectivity index (χ3v) is 5.30. The minimum atomic E-state index is -0.303. The van der Waals surface area contributed by atoms with Gasteiger partial charge in [-0.05, 0) is 29.8 Å². The first-order chi connectivity index (χ1) is 14.6. The molecule has 5 rings (SSSR count). The summed E-state index contributed by atoms with van der Waals surface area (Å²) >= 11 is 0. The van der Waals surface area contributed by atoms with Gasteiger partial charge < -0.3 is 15.4 Å². The zero-order valence-corrected chi connectivity index (χ0v) is 17.1. The van der Waals surface area contributed by atoms with Crippen LogP contribution in [0.5, 0.6) is 5.75 Å². The Balaban J connectivity index is 1.52. The van der Waals surface area contributed by atoms with Gasteiger partial charge in [-0.3, -0.25) is 9.36 Å². The Morgan fingerprint density at radius 3 is 2.83 bits per heavy atom. The first-order valence-electron chi connectivity index (χ1n) is 9.78. The average Bonchev–Trinajstić information content (AvgIpc) is 3.30. The molecule has 8 heteroatoms. The largest absolute Gasteiger partial charge is 0.497 e. The molecule has 0 amide bonds. The number of aromatic nitrogens is 4. The second-order valence-electron chi connectivity index (χ2n) is 7.37. The Morgan fingerprint density at radius 1 is 1.13 bits per heavy atom. The molecule has 2 N–H and O–H groups in total. The predicted octanol–water partition coefficient (Wildman–Crippen LogP) is 3.15. The van der Waals surface area contributed by atoms with Gasteiger partial charge in [0.2, 0.25) is 0 Å². The number of nitrogens with zero attached hydrogens (tertiary/aromatic N) is 5. The molecule has 0 spiro atoms. The molecule has 8 nitrogen and oxygen atoms in total. The van der Waals surface area contributed by atoms with Crippen LogP contribution in [0.4, 0.5) is 11.5 Å². The maximum Gasteiger partial charge on any atom is 0.195 e. The zero-order chi connectivity index (χ0) is 20.7. The van der Waals surface area contributed by atoms with E-state index in [1.807, 2.05) is 61.5 Å². The second-order valence-corrected chi connectivity index (χ2v) is 7.37. The molecule has 0 fully saturated rings. The Hall–Kier alpha value is -3.81. The van der Waals surface area contributed by atoms with Crippen LogP contribution in [-0.2, 0) is 20.5 Å². The fourth-order valence-corrected chi connectivity index (χ4v) is 3.84. The van der Waals surface area contributed by atoms with E-state index in [4.69, 9.17) is 9.84 Å². The number of hydrogen-bond acceptors (Lipinski definition) is 6. The van der Waals surface area contributed by atoms with Crippen LogP contribution in [-0.4, -0.2) is 39.2 Å². The number of ether oxygens (including phenoxy) is 1. The van der Waals surface area contributed by atoms with Crippen molar-refractivity contribution >= 4 is 28.6 Å². The minimum absolute atomic E-state index is 0.303. The normalized spacial score (nSPS) is 15.1. The summed E-state index contributed by atoms with van der Waals surface area (Å²) in [6, 6.07) is 14.2. The molecule has 1 unspecified atom stereocenters. The quantitative estimate of drug-likeness (QED) is 0.537. The van der Waals surface area contributed by atoms with Gasteiger partial charge in [0.25, 0.3) is 0 Å². The molecule has 4 aromatic rings. The van der Waals surface area contributed by atoms with Gasteiger partial charge in [-0.25, -0.2) is 4.99 Å². The SMILES string of the molecule is COc1cccc(Cc2c3c4c(ccc3nn2C)C=NC(Nc2ccn(C)n2)N4)c1. The summed E-state index contributed by atoms with van der Waals surface area (Å²) in [7, 11) is 5.57. The highest BCUT2D eigenvalue weighted by Crippen LogP contribution is 2.33. The summed E-state index contributed by atoms with van der Waals surface area (Å²) in [6.07, 6.45) is 4.24. The average molecular weight is 401 g/mol. The molecule has 0 radical (unpaired) electrons. The van der Waals surface area contributed by atoms with Gasteiger partial charge in [0.1, 0.15) is 5.75 Å². The van der Waals surface area contributed by atoms with Crippen molar-refractivity contribution in [2.75, 3.05) is 17.7 Å². The van der Waals surface area contributed by atoms with Gasteiger partial charge in [-0.2, -0.15) is 10.2 Å². The third-order valence-electron chi connectivity index (χ3n) is 5.30. The Morgan fingerprint density at radius 2 is 2.03 bits per heavy atom. The second kappa shape index (κ2) is 7.22. The summed E-state index contributed by atoms with van der Waals surface area (Å²) < 4.78 is 9.10. The summed E-state index contributed by atoms with van der Waals surface area (Å²) in [5, 5.41) is 17.1. The number of fused-ring (bicyclic) bond motifs is 3. The lowest BCUT2D eigenvalue weighted by atomic mass is 10.0. The lowest BCUT2D eigenvalue weighted by Gasteiger charge is -2.23. The monoisotopic (exact) mass is 401 g/mol. The van der Waals surface area contributed by atoms with Crippen LogP contribution in [0.25, 0.3) is 10.9 Å². The smallest absolute Gasteiger partial charge is 0.195 e. The first-order valence-corrected chi connectivity index (χ1v) is 9.78. The Bertz CT molecular complexity index is 1250. The molecule has 1 aliphatic heterocycles. The summed E-state index contributed by atoms with van der Waals surface area (Å²) in [5.41, 5.74) is 5.33. The standard InChI is InChI=1S/C22H23N7O/c1-28-10-9-19(27-28)24-22-23-13-15-7-8-17-20(21(15)25-22)18(29(2)26-17)12-14-5-4-6-16(11-14)30-3/h4-11,13,22,25H,12H2,1-3H3,(H,24,27). The van der Waals surface area contributed by atoms with Crippen LogP contribution >= 0.6 is 0 Å². The molecule has 2 aromatic heterocycles. The van der Waals surface area contributed by atoms with Crippen molar-refractivity contribution in [2.45, 2.75) is 12.7 Å². The number of hydrogen-bond donors (Lipinski definition) is 2. The Labute approximate surface area is 174 Å². The van der Waals surface area contributed by atoms with Crippen molar-refractivity contribution in [2.24, 2.45) is 19.1 Å². The van der Waals surface area contributed by atoms with Gasteiger partial charge in [0, 0.05) is 49.9 Å². The molecule has 152 valence electrons. The third kappa shape index (κ3) is 3.26. The van der Waals surface area contributed by atoms with Gasteiger partial charge >= 0.3 is 0 Å². The number of anilines is 2. The maximum atomic E-state index is 5.39. The molecule has 0 bridgehead atoms. The van der Waals surface area contributed by atoms with Gasteiger partial charge in [-0.1, -0.05) is 12.1 Å². The van der Waals surface area contributed by atoms with Crippen molar-refractivity contribution in [3.63, 3.8) is 0 Å². The topological polar surface area (TPSA) is 81.3 Å². The van der Waals surface area contributed by atoms with Crippen LogP contribution in [0.1, 0.15) is 16.8 Å². The lowest BCUT2D eigenvalue weighted by molar-refractivity contribution is 0.414. The highest BCUT2D eigenvalue weighted by atomic mass is 16.5. The minimum Gasteiger partial charge on any atom is -0.497 e. The number of aliphatic imine (C=N–C) groups is 1. The lowest BCUT2D eigenvalue weighted by Crippen LogP contribution is -2.30. The highest BCUT2D eigenvalue weighted by molar-refractivity contribution is 6.04. The van der Waals surface area contributed by atoms with Crippen LogP contribution in [0.15, 0.2) is 53.7 Å². The van der Waals surface area contributed by atoms with Gasteiger partial charge in [-0.15, -0.1) is 0 Å². The molecule has 0 aliphatic carbocycles. The summed E-state index contributed by atoms with van der Waals surface area (Å²) in [4.78, 5) is 4.59. The first kappa shape index (κ1) is 18.2. The summed E-state index contributed by atoms with van der Waals surface area (Å²) in [6.45, 7) is 0. The number of nitrogens with one attached hydrogen (secondary N) is 2. The van der Waals surface area contributed by atoms with Crippen LogP contribution in [0.2, 0.25) is 0 Å². The molecule has 1 atom stereocenters. The molecule has 1 aliphatic rings. The van der Waals surface area contributed by atoms with Crippen LogP contribution < -0.4 is 15.4 Å². The number of rotatable bonds is 5. The van der Waals surface area contributed by atoms with E-state index in [0.29, 0.717) is 0 Å². The number of aryl methyl sites for hydroxylation is 2. The van der Waals surface area contributed by atoms with Crippen molar-refractivity contribution in [1.29, 1.82) is 0 Å². The van der Waals surface area contributed by atoms with E-state index < -0.39 is 0 Å². The molecular weight excluding hydrogens is 378 g/mol. The van der Waals surface area contributed by atoms with Gasteiger partial charge in [0.05, 0.1) is 24.0 Å². The molecule has 2 aromatic carbocycles. The van der Waals surface area contributed by atoms with Crippen molar-refractivity contribution < 1.29 is 4.74 Å². The van der Waals surface area contributed by atoms with E-state index in [0.717, 1.165) is 45.8 Å². The molecule has 0 saturated carbocycles. The molecule has 3 heterocycles. The highest BCUT2D eigenvalue weighted by Gasteiger charge is 2.21. The molecule has 0 saturated heterocycles. The van der Waals surface area contributed by atoms with E-state index in [1.165, 1.54) is 5.56 Å². The number of methoxy groups -OCH3 is 1. The van der Waals surface area contributed by atoms with Crippen LogP contribution in [0, 0.1) is 0 Å². The Kier molecular flexibility index (Phi) is 4.39. The van der Waals surface area contributed by atoms with Crippen molar-refractivity contribution in [3.8, 4) is 5.75 Å². The fourth-order valence-electron chi connectivity index (χ4n) is 3.84. The van der Waals surface area contributed by atoms with Crippen LogP contribution in [0.3, 0.4) is 0 Å². The predicted molar refractivity (Wildman–Crippen MR) is 118 cm³/mol. The molecular formula is C22H23N7O. The van der Waals surface area contributed by atoms with E-state index in [1.54, 1.807) is 11.8 Å². The van der Waals surface area contributed by atoms with E-state index >= 15 is 0 Å². The molecule has 30 heavy (non-hydrogen) atoms. The van der Waals surface area contributed by atoms with Crippen molar-refractivity contribution in [1.82, 2.24) is 19.6 Å². The fraction of sp³-hybridized carbons (Fsp3) is 0.227. The van der Waals surface area contributed by atoms with Crippen molar-refractivity contribution in [3.05, 3.63) is 65.5 Å². The van der Waals surface area contributed by atoms with E-state index in [2.05, 4.69) is 32.9 Å². The maximum absolute atomic E-state index is 5.39. The summed E-state index contributed by atoms with van der Waals surface area (Å²) in [5.74, 6) is 1.62.